The lowest BCUT2D eigenvalue weighted by atomic mass is 10.0. The number of hydrogen-bond acceptors (Lipinski definition) is 3. The van der Waals surface area contributed by atoms with Gasteiger partial charge in [-0.3, -0.25) is 9.59 Å². The number of hydrogen-bond donors (Lipinski definition) is 1. The van der Waals surface area contributed by atoms with E-state index in [9.17, 15) is 9.59 Å². The minimum atomic E-state index is -0.144. The zero-order chi connectivity index (χ0) is 21.3. The van der Waals surface area contributed by atoms with Crippen molar-refractivity contribution in [1.82, 2.24) is 0 Å². The van der Waals surface area contributed by atoms with Gasteiger partial charge >= 0.3 is 0 Å². The summed E-state index contributed by atoms with van der Waals surface area (Å²) >= 11 is 1.73. The van der Waals surface area contributed by atoms with E-state index in [1.54, 1.807) is 11.8 Å². The molecule has 0 aliphatic carbocycles. The third kappa shape index (κ3) is 3.82. The van der Waals surface area contributed by atoms with Crippen LogP contribution in [0.5, 0.6) is 0 Å². The molecule has 3 aromatic carbocycles. The maximum atomic E-state index is 13.0. The van der Waals surface area contributed by atoms with Gasteiger partial charge in [0, 0.05) is 44.3 Å². The lowest BCUT2D eigenvalue weighted by molar-refractivity contribution is 0.0991. The topological polar surface area (TPSA) is 49.4 Å². The van der Waals surface area contributed by atoms with Crippen LogP contribution in [0.25, 0.3) is 10.8 Å². The minimum Gasteiger partial charge on any atom is -0.321 e. The van der Waals surface area contributed by atoms with Crippen molar-refractivity contribution in [3.05, 3.63) is 65.7 Å². The Bertz CT molecular complexity index is 1120. The van der Waals surface area contributed by atoms with Crippen LogP contribution in [0.4, 0.5) is 11.4 Å². The molecule has 0 atom stereocenters. The lowest BCUT2D eigenvalue weighted by Gasteiger charge is -2.18. The van der Waals surface area contributed by atoms with Gasteiger partial charge < -0.3 is 10.2 Å². The maximum Gasteiger partial charge on any atom is 0.258 e. The summed E-state index contributed by atoms with van der Waals surface area (Å²) in [6.45, 7) is 7.10. The molecular weight excluding hydrogens is 392 g/mol. The number of rotatable bonds is 7. The van der Waals surface area contributed by atoms with Crippen LogP contribution in [0.2, 0.25) is 0 Å². The highest BCUT2D eigenvalue weighted by Crippen LogP contribution is 2.40. The second kappa shape index (κ2) is 8.52. The van der Waals surface area contributed by atoms with Crippen molar-refractivity contribution in [3.8, 4) is 0 Å². The molecule has 3 aromatic rings. The maximum absolute atomic E-state index is 13.0. The van der Waals surface area contributed by atoms with Crippen LogP contribution in [-0.2, 0) is 0 Å². The molecule has 5 heteroatoms. The molecule has 2 amide bonds. The lowest BCUT2D eigenvalue weighted by Crippen LogP contribution is -2.27. The van der Waals surface area contributed by atoms with E-state index in [1.165, 1.54) is 0 Å². The summed E-state index contributed by atoms with van der Waals surface area (Å²) in [7, 11) is 0. The average Bonchev–Trinajstić information content (AvgIpc) is 3.01. The molecule has 30 heavy (non-hydrogen) atoms. The predicted octanol–water partition coefficient (Wildman–Crippen LogP) is 6.35. The Balaban J connectivity index is 1.66. The largest absolute Gasteiger partial charge is 0.321 e. The van der Waals surface area contributed by atoms with E-state index in [2.05, 4.69) is 26.1 Å². The highest BCUT2D eigenvalue weighted by Gasteiger charge is 2.30. The zero-order valence-electron chi connectivity index (χ0n) is 17.6. The molecule has 4 nitrogen and oxygen atoms in total. The Morgan fingerprint density at radius 3 is 2.67 bits per heavy atom. The summed E-state index contributed by atoms with van der Waals surface area (Å²) in [5.41, 5.74) is 3.01. The van der Waals surface area contributed by atoms with Crippen LogP contribution in [0.3, 0.4) is 0 Å². The molecule has 0 saturated carbocycles. The van der Waals surface area contributed by atoms with E-state index < -0.39 is 0 Å². The van der Waals surface area contributed by atoms with Gasteiger partial charge in [0.2, 0.25) is 0 Å². The van der Waals surface area contributed by atoms with Gasteiger partial charge in [-0.2, -0.15) is 0 Å². The highest BCUT2D eigenvalue weighted by molar-refractivity contribution is 7.99. The molecule has 0 saturated heterocycles. The first kappa shape index (κ1) is 20.5. The molecule has 154 valence electrons. The van der Waals surface area contributed by atoms with Crippen molar-refractivity contribution < 1.29 is 9.59 Å². The first-order chi connectivity index (χ1) is 14.5. The molecule has 0 bridgehead atoms. The first-order valence-corrected chi connectivity index (χ1v) is 11.3. The van der Waals surface area contributed by atoms with E-state index in [0.717, 1.165) is 39.9 Å². The normalized spacial score (nSPS) is 12.8. The third-order valence-corrected chi connectivity index (χ3v) is 6.23. The van der Waals surface area contributed by atoms with E-state index in [1.807, 2.05) is 59.5 Å². The number of nitrogens with zero attached hydrogens (tertiary/aromatic N) is 1. The van der Waals surface area contributed by atoms with Gasteiger partial charge in [-0.15, -0.1) is 11.8 Å². The molecule has 1 N–H and O–H groups in total. The van der Waals surface area contributed by atoms with Crippen LogP contribution in [0.1, 0.15) is 54.3 Å². The second-order valence-corrected chi connectivity index (χ2v) is 9.47. The van der Waals surface area contributed by atoms with Gasteiger partial charge in [-0.25, -0.2) is 0 Å². The fraction of sp³-hybridized carbons (Fsp3) is 0.280. The van der Waals surface area contributed by atoms with E-state index in [-0.39, 0.29) is 11.8 Å². The number of unbranched alkanes of at least 4 members (excludes halogenated alkanes) is 1. The average molecular weight is 419 g/mol. The van der Waals surface area contributed by atoms with E-state index >= 15 is 0 Å². The van der Waals surface area contributed by atoms with Crippen LogP contribution in [0.15, 0.2) is 59.5 Å². The minimum absolute atomic E-state index is 0.0472. The van der Waals surface area contributed by atoms with Gasteiger partial charge in [0.25, 0.3) is 11.8 Å². The van der Waals surface area contributed by atoms with Crippen molar-refractivity contribution in [1.29, 1.82) is 0 Å². The van der Waals surface area contributed by atoms with Crippen LogP contribution >= 0.6 is 11.8 Å². The number of thioether (sulfide) groups is 1. The van der Waals surface area contributed by atoms with Crippen molar-refractivity contribution in [2.75, 3.05) is 16.8 Å². The van der Waals surface area contributed by atoms with Crippen molar-refractivity contribution in [2.45, 2.75) is 43.8 Å². The summed E-state index contributed by atoms with van der Waals surface area (Å²) in [5, 5.41) is 5.34. The molecule has 1 aliphatic rings. The molecule has 0 aromatic heterocycles. The highest BCUT2D eigenvalue weighted by atomic mass is 32.2. The summed E-state index contributed by atoms with van der Waals surface area (Å²) in [6, 6.07) is 17.3. The Labute approximate surface area is 181 Å². The van der Waals surface area contributed by atoms with Crippen molar-refractivity contribution in [3.63, 3.8) is 0 Å². The van der Waals surface area contributed by atoms with Gasteiger partial charge in [0.1, 0.15) is 0 Å². The molecule has 0 spiro atoms. The Kier molecular flexibility index (Phi) is 5.82. The zero-order valence-corrected chi connectivity index (χ0v) is 18.4. The fourth-order valence-electron chi connectivity index (χ4n) is 3.87. The summed E-state index contributed by atoms with van der Waals surface area (Å²) in [5.74, 6) is -0.0972. The second-order valence-electron chi connectivity index (χ2n) is 7.82. The van der Waals surface area contributed by atoms with Crippen LogP contribution < -0.4 is 10.2 Å². The Morgan fingerprint density at radius 2 is 1.90 bits per heavy atom. The summed E-state index contributed by atoms with van der Waals surface area (Å²) in [6.07, 6.45) is 2.00. The van der Waals surface area contributed by atoms with Crippen LogP contribution in [-0.4, -0.2) is 23.6 Å². The SMILES string of the molecule is CCCCN1C(=O)c2cccc3c(NC(=O)c4cccc(SC(C)C)c4)ccc1c23. The monoisotopic (exact) mass is 418 g/mol. The summed E-state index contributed by atoms with van der Waals surface area (Å²) < 4.78 is 0. The standard InChI is InChI=1S/C25H26N2O2S/c1-4-5-14-27-22-13-12-21(19-10-7-11-20(23(19)22)25(27)29)26-24(28)17-8-6-9-18(15-17)30-16(2)3/h6-13,15-16H,4-5,14H2,1-3H3,(H,26,28). The number of nitrogens with one attached hydrogen (secondary N) is 1. The molecule has 1 heterocycles. The van der Waals surface area contributed by atoms with Gasteiger partial charge in [0.05, 0.1) is 5.69 Å². The third-order valence-electron chi connectivity index (χ3n) is 5.24. The van der Waals surface area contributed by atoms with Crippen LogP contribution in [0, 0.1) is 0 Å². The number of carbonyl (C=O) groups excluding carboxylic acids is 2. The van der Waals surface area contributed by atoms with Gasteiger partial charge in [-0.05, 0) is 42.8 Å². The van der Waals surface area contributed by atoms with E-state index in [0.29, 0.717) is 22.9 Å². The van der Waals surface area contributed by atoms with Gasteiger partial charge in [0.15, 0.2) is 0 Å². The smallest absolute Gasteiger partial charge is 0.258 e. The molecule has 4 rings (SSSR count). The number of carbonyl (C=O) groups is 2. The van der Waals surface area contributed by atoms with E-state index in [4.69, 9.17) is 0 Å². The molecular formula is C25H26N2O2S. The number of anilines is 2. The van der Waals surface area contributed by atoms with Crippen molar-refractivity contribution >= 4 is 45.7 Å². The molecule has 1 aliphatic heterocycles. The quantitative estimate of drug-likeness (QED) is 0.455. The Hall–Kier alpha value is -2.79. The van der Waals surface area contributed by atoms with Gasteiger partial charge in [-0.1, -0.05) is 45.4 Å². The van der Waals surface area contributed by atoms with Crippen molar-refractivity contribution in [2.24, 2.45) is 0 Å². The number of amides is 2. The Morgan fingerprint density at radius 1 is 1.10 bits per heavy atom. The first-order valence-electron chi connectivity index (χ1n) is 10.4. The molecule has 0 radical (unpaired) electrons. The molecule has 0 unspecified atom stereocenters. The predicted molar refractivity (Wildman–Crippen MR) is 126 cm³/mol. The number of benzene rings is 3. The molecule has 0 fully saturated rings. The summed E-state index contributed by atoms with van der Waals surface area (Å²) in [4.78, 5) is 28.8. The fourth-order valence-corrected chi connectivity index (χ4v) is 4.77.